The molecule has 0 aliphatic carbocycles. The molecule has 1 heterocycles. The van der Waals surface area contributed by atoms with Crippen LogP contribution in [0.5, 0.6) is 11.5 Å². The molecule has 1 fully saturated rings. The highest BCUT2D eigenvalue weighted by Crippen LogP contribution is 2.35. The number of carbonyl (C=O) groups excluding carboxylic acids is 1. The SMILES string of the molecule is COc1ccc(OCc2cccc(C(=O)N3NC(=C(F)F)CC3(O)C(F)F)c2)cc1. The molecule has 1 amide bonds. The van der Waals surface area contributed by atoms with Crippen molar-refractivity contribution in [2.24, 2.45) is 0 Å². The zero-order valence-corrected chi connectivity index (χ0v) is 15.7. The number of benzene rings is 2. The van der Waals surface area contributed by atoms with E-state index in [1.54, 1.807) is 30.3 Å². The summed E-state index contributed by atoms with van der Waals surface area (Å²) in [5.41, 5.74) is -1.70. The van der Waals surface area contributed by atoms with Crippen LogP contribution in [-0.4, -0.2) is 35.3 Å². The first-order valence-electron chi connectivity index (χ1n) is 8.76. The van der Waals surface area contributed by atoms with E-state index in [9.17, 15) is 27.5 Å². The van der Waals surface area contributed by atoms with Crippen molar-refractivity contribution in [2.75, 3.05) is 7.11 Å². The predicted octanol–water partition coefficient (Wildman–Crippen LogP) is 3.69. The molecule has 1 saturated heterocycles. The lowest BCUT2D eigenvalue weighted by molar-refractivity contribution is -0.168. The number of carbonyl (C=O) groups is 1. The van der Waals surface area contributed by atoms with E-state index in [0.717, 1.165) is 0 Å². The quantitative estimate of drug-likeness (QED) is 0.690. The number of nitrogens with one attached hydrogen (secondary N) is 1. The minimum absolute atomic E-state index is 0.0598. The number of amides is 1. The summed E-state index contributed by atoms with van der Waals surface area (Å²) in [7, 11) is 1.53. The second-order valence-electron chi connectivity index (χ2n) is 6.51. The van der Waals surface area contributed by atoms with Crippen molar-refractivity contribution in [3.8, 4) is 11.5 Å². The molecule has 0 spiro atoms. The van der Waals surface area contributed by atoms with Crippen molar-refractivity contribution in [1.29, 1.82) is 0 Å². The van der Waals surface area contributed by atoms with Gasteiger partial charge >= 0.3 is 0 Å². The van der Waals surface area contributed by atoms with Gasteiger partial charge in [0.15, 0.2) is 0 Å². The van der Waals surface area contributed by atoms with Crippen molar-refractivity contribution in [3.63, 3.8) is 0 Å². The van der Waals surface area contributed by atoms with Gasteiger partial charge < -0.3 is 14.6 Å². The zero-order chi connectivity index (χ0) is 21.9. The molecule has 6 nitrogen and oxygen atoms in total. The van der Waals surface area contributed by atoms with E-state index in [2.05, 4.69) is 0 Å². The highest BCUT2D eigenvalue weighted by Gasteiger charge is 2.53. The first-order chi connectivity index (χ1) is 14.2. The van der Waals surface area contributed by atoms with Gasteiger partial charge in [-0.05, 0) is 42.0 Å². The lowest BCUT2D eigenvalue weighted by Crippen LogP contribution is -2.55. The Kier molecular flexibility index (Phi) is 6.16. The number of alkyl halides is 2. The Bertz CT molecular complexity index is 948. The number of methoxy groups -OCH3 is 1. The summed E-state index contributed by atoms with van der Waals surface area (Å²) >= 11 is 0. The molecule has 2 aromatic rings. The van der Waals surface area contributed by atoms with Crippen LogP contribution in [0.3, 0.4) is 0 Å². The van der Waals surface area contributed by atoms with Gasteiger partial charge in [-0.2, -0.15) is 8.78 Å². The Morgan fingerprint density at radius 3 is 2.47 bits per heavy atom. The monoisotopic (exact) mass is 426 g/mol. The van der Waals surface area contributed by atoms with E-state index in [4.69, 9.17) is 9.47 Å². The minimum Gasteiger partial charge on any atom is -0.497 e. The Labute approximate surface area is 169 Å². The number of ether oxygens (including phenoxy) is 2. The number of nitrogens with zero attached hydrogens (tertiary/aromatic N) is 1. The van der Waals surface area contributed by atoms with E-state index < -0.39 is 36.3 Å². The zero-order valence-electron chi connectivity index (χ0n) is 15.7. The summed E-state index contributed by atoms with van der Waals surface area (Å²) in [5, 5.41) is 10.3. The van der Waals surface area contributed by atoms with Crippen molar-refractivity contribution < 1.29 is 36.9 Å². The van der Waals surface area contributed by atoms with Gasteiger partial charge in [0.2, 0.25) is 5.72 Å². The topological polar surface area (TPSA) is 71.0 Å². The molecular weight excluding hydrogens is 408 g/mol. The molecule has 1 aliphatic rings. The van der Waals surface area contributed by atoms with Crippen molar-refractivity contribution in [1.82, 2.24) is 10.4 Å². The largest absolute Gasteiger partial charge is 0.497 e. The van der Waals surface area contributed by atoms with Gasteiger partial charge in [-0.1, -0.05) is 12.1 Å². The van der Waals surface area contributed by atoms with Gasteiger partial charge in [0.1, 0.15) is 23.8 Å². The number of aliphatic hydroxyl groups is 1. The second-order valence-corrected chi connectivity index (χ2v) is 6.51. The van der Waals surface area contributed by atoms with Crippen molar-refractivity contribution >= 4 is 5.91 Å². The normalized spacial score (nSPS) is 18.4. The third-order valence-electron chi connectivity index (χ3n) is 4.49. The molecule has 0 bridgehead atoms. The Morgan fingerprint density at radius 2 is 1.87 bits per heavy atom. The van der Waals surface area contributed by atoms with Gasteiger partial charge in [0.25, 0.3) is 18.4 Å². The summed E-state index contributed by atoms with van der Waals surface area (Å²) in [6, 6.07) is 12.6. The summed E-state index contributed by atoms with van der Waals surface area (Å²) in [5.74, 6) is 0.104. The number of halogens is 4. The second kappa shape index (κ2) is 8.62. The van der Waals surface area contributed by atoms with E-state index in [-0.39, 0.29) is 17.2 Å². The van der Waals surface area contributed by atoms with Gasteiger partial charge in [-0.3, -0.25) is 10.2 Å². The molecular formula is C20H18F4N2O4. The van der Waals surface area contributed by atoms with Crippen LogP contribution in [0.25, 0.3) is 0 Å². The maximum atomic E-state index is 13.3. The highest BCUT2D eigenvalue weighted by atomic mass is 19.3. The molecule has 2 aromatic carbocycles. The van der Waals surface area contributed by atoms with Crippen LogP contribution < -0.4 is 14.9 Å². The number of hydrazine groups is 1. The van der Waals surface area contributed by atoms with E-state index in [0.29, 0.717) is 17.1 Å². The lowest BCUT2D eigenvalue weighted by atomic mass is 10.1. The minimum atomic E-state index is -3.47. The predicted molar refractivity (Wildman–Crippen MR) is 97.9 cm³/mol. The van der Waals surface area contributed by atoms with Crippen LogP contribution in [0.2, 0.25) is 0 Å². The number of hydrogen-bond donors (Lipinski definition) is 2. The summed E-state index contributed by atoms with van der Waals surface area (Å²) < 4.78 is 63.1. The van der Waals surface area contributed by atoms with Crippen LogP contribution >= 0.6 is 0 Å². The maximum absolute atomic E-state index is 13.3. The standard InChI is InChI=1S/C20H18F4N2O4/c1-29-14-5-7-15(8-6-14)30-11-12-3-2-4-13(9-12)18(27)26-20(28,19(23)24)10-16(25-26)17(21)22/h2-9,19,25,28H,10-11H2,1H3. The van der Waals surface area contributed by atoms with Crippen LogP contribution in [-0.2, 0) is 6.61 Å². The maximum Gasteiger partial charge on any atom is 0.291 e. The number of rotatable bonds is 6. The van der Waals surface area contributed by atoms with Gasteiger partial charge in [0.05, 0.1) is 13.5 Å². The first kappa shape index (κ1) is 21.4. The van der Waals surface area contributed by atoms with Crippen LogP contribution in [0.15, 0.2) is 60.3 Å². The van der Waals surface area contributed by atoms with Crippen molar-refractivity contribution in [2.45, 2.75) is 25.2 Å². The van der Waals surface area contributed by atoms with Crippen LogP contribution in [0.4, 0.5) is 17.6 Å². The van der Waals surface area contributed by atoms with E-state index in [1.165, 1.54) is 25.3 Å². The molecule has 1 atom stereocenters. The number of hydrogen-bond acceptors (Lipinski definition) is 5. The fourth-order valence-electron chi connectivity index (χ4n) is 2.88. The lowest BCUT2D eigenvalue weighted by Gasteiger charge is -2.31. The molecule has 1 unspecified atom stereocenters. The van der Waals surface area contributed by atoms with Gasteiger partial charge in [-0.15, -0.1) is 0 Å². The van der Waals surface area contributed by atoms with Crippen molar-refractivity contribution in [3.05, 3.63) is 71.4 Å². The third kappa shape index (κ3) is 4.33. The fourth-order valence-corrected chi connectivity index (χ4v) is 2.88. The molecule has 0 aromatic heterocycles. The van der Waals surface area contributed by atoms with E-state index in [1.807, 2.05) is 5.43 Å². The average Bonchev–Trinajstić information content (AvgIpc) is 3.11. The summed E-state index contributed by atoms with van der Waals surface area (Å²) in [6.07, 6.45) is -6.86. The summed E-state index contributed by atoms with van der Waals surface area (Å²) in [6.45, 7) is 0.0598. The average molecular weight is 426 g/mol. The first-order valence-corrected chi connectivity index (χ1v) is 8.76. The van der Waals surface area contributed by atoms with Crippen LogP contribution in [0, 0.1) is 0 Å². The Morgan fingerprint density at radius 1 is 1.20 bits per heavy atom. The van der Waals surface area contributed by atoms with Gasteiger partial charge in [-0.25, -0.2) is 13.8 Å². The molecule has 2 N–H and O–H groups in total. The highest BCUT2D eigenvalue weighted by molar-refractivity contribution is 5.95. The molecule has 1 aliphatic heterocycles. The molecule has 30 heavy (non-hydrogen) atoms. The van der Waals surface area contributed by atoms with Crippen LogP contribution in [0.1, 0.15) is 22.3 Å². The molecule has 0 saturated carbocycles. The molecule has 3 rings (SSSR count). The molecule has 0 radical (unpaired) electrons. The van der Waals surface area contributed by atoms with Gasteiger partial charge in [0, 0.05) is 5.56 Å². The van der Waals surface area contributed by atoms with E-state index >= 15 is 0 Å². The third-order valence-corrected chi connectivity index (χ3v) is 4.49. The molecule has 160 valence electrons. The Hall–Kier alpha value is -3.27. The summed E-state index contributed by atoms with van der Waals surface area (Å²) in [4.78, 5) is 12.7. The fraction of sp³-hybridized carbons (Fsp3) is 0.250. The Balaban J connectivity index is 1.77. The smallest absolute Gasteiger partial charge is 0.291 e. The molecule has 10 heteroatoms.